The molecule has 3 rings (SSSR count). The van der Waals surface area contributed by atoms with Crippen molar-refractivity contribution in [3.05, 3.63) is 59.4 Å². The minimum absolute atomic E-state index is 0.140. The number of hydrogen-bond donors (Lipinski definition) is 2. The summed E-state index contributed by atoms with van der Waals surface area (Å²) in [4.78, 5) is 16.6. The van der Waals surface area contributed by atoms with Gasteiger partial charge in [-0.2, -0.15) is 4.31 Å². The Hall–Kier alpha value is -2.16. The number of nitrogens with zero attached hydrogens (tertiary/aromatic N) is 2. The minimum atomic E-state index is -3.68. The van der Waals surface area contributed by atoms with Gasteiger partial charge < -0.3 is 10.6 Å². The number of carbonyl (C=O) groups is 1. The van der Waals surface area contributed by atoms with Crippen LogP contribution in [0, 0.1) is 0 Å². The highest BCUT2D eigenvalue weighted by molar-refractivity contribution is 7.89. The number of halogens is 1. The van der Waals surface area contributed by atoms with Crippen molar-refractivity contribution in [1.29, 1.82) is 0 Å². The molecule has 0 aliphatic carbocycles. The number of carbonyl (C=O) groups excluding carboxylic acids is 1. The normalized spacial score (nSPS) is 19.9. The largest absolute Gasteiger partial charge is 0.338 e. The number of piperidine rings is 1. The Kier molecular flexibility index (Phi) is 7.69. The van der Waals surface area contributed by atoms with Gasteiger partial charge in [-0.3, -0.25) is 4.98 Å². The van der Waals surface area contributed by atoms with Crippen LogP contribution in [0.5, 0.6) is 0 Å². The Morgan fingerprint density at radius 1 is 1.17 bits per heavy atom. The summed E-state index contributed by atoms with van der Waals surface area (Å²) < 4.78 is 28.0. The molecule has 30 heavy (non-hydrogen) atoms. The average Bonchev–Trinajstić information content (AvgIpc) is 2.73. The van der Waals surface area contributed by atoms with E-state index in [-0.39, 0.29) is 29.6 Å². The van der Waals surface area contributed by atoms with Crippen molar-refractivity contribution < 1.29 is 13.2 Å². The SMILES string of the molecule is C[C@@H]1CCC[C@H](CNC(=O)NCCc2ccccn2)N1S(=O)(=O)c1ccc(Cl)cc1. The van der Waals surface area contributed by atoms with Gasteiger partial charge in [0, 0.05) is 48.5 Å². The van der Waals surface area contributed by atoms with E-state index >= 15 is 0 Å². The fraction of sp³-hybridized carbons (Fsp3) is 0.429. The highest BCUT2D eigenvalue weighted by atomic mass is 35.5. The molecule has 1 aliphatic rings. The first-order chi connectivity index (χ1) is 14.4. The Morgan fingerprint density at radius 2 is 1.93 bits per heavy atom. The van der Waals surface area contributed by atoms with Crippen LogP contribution in [-0.4, -0.2) is 48.9 Å². The number of sulfonamides is 1. The molecule has 1 aromatic heterocycles. The Labute approximate surface area is 182 Å². The summed E-state index contributed by atoms with van der Waals surface area (Å²) in [6, 6.07) is 11.1. The molecule has 2 amide bonds. The Bertz CT molecular complexity index is 938. The van der Waals surface area contributed by atoms with Crippen molar-refractivity contribution in [3.8, 4) is 0 Å². The molecule has 7 nitrogen and oxygen atoms in total. The van der Waals surface area contributed by atoms with Gasteiger partial charge in [-0.05, 0) is 56.2 Å². The third-order valence-corrected chi connectivity index (χ3v) is 7.57. The van der Waals surface area contributed by atoms with Gasteiger partial charge in [0.05, 0.1) is 4.90 Å². The summed E-state index contributed by atoms with van der Waals surface area (Å²) in [6.07, 6.45) is 4.76. The lowest BCUT2D eigenvalue weighted by molar-refractivity contribution is 0.185. The third-order valence-electron chi connectivity index (χ3n) is 5.23. The van der Waals surface area contributed by atoms with Crippen LogP contribution in [0.15, 0.2) is 53.6 Å². The number of benzene rings is 1. The second kappa shape index (κ2) is 10.2. The zero-order valence-electron chi connectivity index (χ0n) is 16.9. The molecule has 1 fully saturated rings. The average molecular weight is 451 g/mol. The molecule has 1 aromatic carbocycles. The molecule has 0 radical (unpaired) electrons. The van der Waals surface area contributed by atoms with Crippen LogP contribution < -0.4 is 10.6 Å². The zero-order valence-corrected chi connectivity index (χ0v) is 18.5. The van der Waals surface area contributed by atoms with E-state index in [1.165, 1.54) is 16.4 Å². The molecule has 0 saturated carbocycles. The van der Waals surface area contributed by atoms with E-state index in [1.807, 2.05) is 25.1 Å². The summed E-state index contributed by atoms with van der Waals surface area (Å²) in [5.74, 6) is 0. The second-order valence-electron chi connectivity index (χ2n) is 7.43. The van der Waals surface area contributed by atoms with E-state index in [0.717, 1.165) is 18.5 Å². The van der Waals surface area contributed by atoms with Gasteiger partial charge in [0.2, 0.25) is 10.0 Å². The first-order valence-corrected chi connectivity index (χ1v) is 11.9. The van der Waals surface area contributed by atoms with Crippen LogP contribution in [0.3, 0.4) is 0 Å². The second-order valence-corrected chi connectivity index (χ2v) is 9.71. The predicted molar refractivity (Wildman–Crippen MR) is 117 cm³/mol. The molecule has 162 valence electrons. The molecule has 0 bridgehead atoms. The lowest BCUT2D eigenvalue weighted by atomic mass is 9.99. The molecule has 2 atom stereocenters. The number of nitrogens with one attached hydrogen (secondary N) is 2. The van der Waals surface area contributed by atoms with Gasteiger partial charge in [0.15, 0.2) is 0 Å². The molecular weight excluding hydrogens is 424 g/mol. The minimum Gasteiger partial charge on any atom is -0.338 e. The summed E-state index contributed by atoms with van der Waals surface area (Å²) in [6.45, 7) is 2.62. The number of hydrogen-bond acceptors (Lipinski definition) is 4. The molecule has 0 unspecified atom stereocenters. The molecule has 1 aliphatic heterocycles. The first-order valence-electron chi connectivity index (χ1n) is 10.1. The van der Waals surface area contributed by atoms with E-state index in [0.29, 0.717) is 24.4 Å². The molecule has 9 heteroatoms. The highest BCUT2D eigenvalue weighted by Crippen LogP contribution is 2.30. The van der Waals surface area contributed by atoms with Crippen molar-refractivity contribution in [2.45, 2.75) is 49.6 Å². The molecule has 2 aromatic rings. The van der Waals surface area contributed by atoms with Crippen LogP contribution in [0.4, 0.5) is 4.79 Å². The smallest absolute Gasteiger partial charge is 0.314 e. The van der Waals surface area contributed by atoms with Crippen LogP contribution in [0.2, 0.25) is 5.02 Å². The lowest BCUT2D eigenvalue weighted by Crippen LogP contribution is -2.54. The zero-order chi connectivity index (χ0) is 21.6. The van der Waals surface area contributed by atoms with E-state index in [4.69, 9.17) is 11.6 Å². The van der Waals surface area contributed by atoms with Crippen molar-refractivity contribution >= 4 is 27.7 Å². The number of pyridine rings is 1. The summed E-state index contributed by atoms with van der Waals surface area (Å²) in [5.41, 5.74) is 0.902. The summed E-state index contributed by atoms with van der Waals surface area (Å²) >= 11 is 5.90. The quantitative estimate of drug-likeness (QED) is 0.677. The van der Waals surface area contributed by atoms with Gasteiger partial charge >= 0.3 is 6.03 Å². The molecular formula is C21H27ClN4O3S. The van der Waals surface area contributed by atoms with Crippen LogP contribution in [-0.2, 0) is 16.4 Å². The Balaban J connectivity index is 1.59. The standard InChI is InChI=1S/C21H27ClN4O3S/c1-16-5-4-7-19(26(16)30(28,29)20-10-8-17(22)9-11-20)15-25-21(27)24-14-12-18-6-2-3-13-23-18/h2-3,6,8-11,13,16,19H,4-5,7,12,14-15H2,1H3,(H2,24,25,27)/t16-,19-/m1/s1. The number of amides is 2. The van der Waals surface area contributed by atoms with Gasteiger partial charge in [0.1, 0.15) is 0 Å². The monoisotopic (exact) mass is 450 g/mol. The third kappa shape index (κ3) is 5.71. The van der Waals surface area contributed by atoms with E-state index in [9.17, 15) is 13.2 Å². The maximum Gasteiger partial charge on any atom is 0.314 e. The summed E-state index contributed by atoms with van der Waals surface area (Å²) in [5, 5.41) is 6.11. The maximum absolute atomic E-state index is 13.2. The lowest BCUT2D eigenvalue weighted by Gasteiger charge is -2.39. The van der Waals surface area contributed by atoms with Crippen molar-refractivity contribution in [3.63, 3.8) is 0 Å². The summed E-state index contributed by atoms with van der Waals surface area (Å²) in [7, 11) is -3.68. The fourth-order valence-electron chi connectivity index (χ4n) is 3.74. The van der Waals surface area contributed by atoms with Crippen LogP contribution in [0.1, 0.15) is 31.9 Å². The van der Waals surface area contributed by atoms with E-state index in [2.05, 4.69) is 15.6 Å². The van der Waals surface area contributed by atoms with Crippen molar-refractivity contribution in [2.24, 2.45) is 0 Å². The van der Waals surface area contributed by atoms with Gasteiger partial charge in [0.25, 0.3) is 0 Å². The van der Waals surface area contributed by atoms with E-state index < -0.39 is 10.0 Å². The van der Waals surface area contributed by atoms with Gasteiger partial charge in [-0.1, -0.05) is 24.1 Å². The number of urea groups is 1. The van der Waals surface area contributed by atoms with Crippen LogP contribution >= 0.6 is 11.6 Å². The molecule has 2 N–H and O–H groups in total. The van der Waals surface area contributed by atoms with Crippen LogP contribution in [0.25, 0.3) is 0 Å². The molecule has 1 saturated heterocycles. The molecule has 2 heterocycles. The van der Waals surface area contributed by atoms with E-state index in [1.54, 1.807) is 18.3 Å². The fourth-order valence-corrected chi connectivity index (χ4v) is 5.74. The molecule has 0 spiro atoms. The van der Waals surface area contributed by atoms with Crippen molar-refractivity contribution in [1.82, 2.24) is 19.9 Å². The topological polar surface area (TPSA) is 91.4 Å². The number of rotatable bonds is 7. The maximum atomic E-state index is 13.2. The predicted octanol–water partition coefficient (Wildman–Crippen LogP) is 3.21. The highest BCUT2D eigenvalue weighted by Gasteiger charge is 2.37. The first kappa shape index (κ1) is 22.5. The van der Waals surface area contributed by atoms with Crippen molar-refractivity contribution in [2.75, 3.05) is 13.1 Å². The van der Waals surface area contributed by atoms with Gasteiger partial charge in [-0.15, -0.1) is 0 Å². The van der Waals surface area contributed by atoms with Gasteiger partial charge in [-0.25, -0.2) is 13.2 Å². The number of aromatic nitrogens is 1. The Morgan fingerprint density at radius 3 is 2.63 bits per heavy atom.